The van der Waals surface area contributed by atoms with Gasteiger partial charge in [-0.15, -0.1) is 0 Å². The number of pyridine rings is 1. The Hall–Kier alpha value is -2.01. The SMILES string of the molecule is NC(=O)C(c1ccncc1)S(=O)c1ccccc1. The number of nitrogens with two attached hydrogens (primary N) is 1. The first-order chi connectivity index (χ1) is 8.70. The third-order valence-electron chi connectivity index (χ3n) is 2.46. The van der Waals surface area contributed by atoms with Crippen molar-refractivity contribution in [2.45, 2.75) is 10.1 Å². The minimum absolute atomic E-state index is 0.582. The molecule has 2 N–H and O–H groups in total. The summed E-state index contributed by atoms with van der Waals surface area (Å²) in [7, 11) is -1.50. The quantitative estimate of drug-likeness (QED) is 0.903. The summed E-state index contributed by atoms with van der Waals surface area (Å²) in [6, 6.07) is 12.1. The van der Waals surface area contributed by atoms with E-state index >= 15 is 0 Å². The summed E-state index contributed by atoms with van der Waals surface area (Å²) < 4.78 is 12.4. The van der Waals surface area contributed by atoms with Crippen LogP contribution in [0.25, 0.3) is 0 Å². The lowest BCUT2D eigenvalue weighted by atomic mass is 10.2. The van der Waals surface area contributed by atoms with Gasteiger partial charge in [0.25, 0.3) is 0 Å². The van der Waals surface area contributed by atoms with Crippen LogP contribution in [0, 0.1) is 0 Å². The van der Waals surface area contributed by atoms with Crippen LogP contribution >= 0.6 is 0 Å². The van der Waals surface area contributed by atoms with E-state index in [-0.39, 0.29) is 0 Å². The monoisotopic (exact) mass is 260 g/mol. The summed E-state index contributed by atoms with van der Waals surface area (Å²) in [5, 5.41) is -0.851. The first kappa shape index (κ1) is 12.4. The largest absolute Gasteiger partial charge is 0.368 e. The molecule has 1 heterocycles. The van der Waals surface area contributed by atoms with E-state index in [9.17, 15) is 9.00 Å². The maximum atomic E-state index is 12.4. The fraction of sp³-hybridized carbons (Fsp3) is 0.0769. The number of hydrogen-bond acceptors (Lipinski definition) is 3. The maximum Gasteiger partial charge on any atom is 0.238 e. The zero-order chi connectivity index (χ0) is 13.0. The second-order valence-electron chi connectivity index (χ2n) is 3.67. The van der Waals surface area contributed by atoms with E-state index in [0.29, 0.717) is 10.5 Å². The highest BCUT2D eigenvalue weighted by atomic mass is 32.2. The summed E-state index contributed by atoms with van der Waals surface area (Å²) in [4.78, 5) is 16.0. The van der Waals surface area contributed by atoms with Gasteiger partial charge in [-0.1, -0.05) is 18.2 Å². The topological polar surface area (TPSA) is 73.1 Å². The smallest absolute Gasteiger partial charge is 0.238 e. The molecule has 0 aliphatic rings. The van der Waals surface area contributed by atoms with Gasteiger partial charge in [0.1, 0.15) is 5.25 Å². The summed E-state index contributed by atoms with van der Waals surface area (Å²) in [6.45, 7) is 0. The van der Waals surface area contributed by atoms with Gasteiger partial charge in [0, 0.05) is 17.3 Å². The van der Waals surface area contributed by atoms with Crippen LogP contribution in [0.4, 0.5) is 0 Å². The van der Waals surface area contributed by atoms with Crippen LogP contribution in [0.15, 0.2) is 59.8 Å². The highest BCUT2D eigenvalue weighted by Crippen LogP contribution is 2.24. The Kier molecular flexibility index (Phi) is 3.84. The molecular weight excluding hydrogens is 248 g/mol. The summed E-state index contributed by atoms with van der Waals surface area (Å²) >= 11 is 0. The van der Waals surface area contributed by atoms with Crippen LogP contribution in [0.3, 0.4) is 0 Å². The molecular formula is C13H12N2O2S. The van der Waals surface area contributed by atoms with E-state index in [0.717, 1.165) is 0 Å². The summed E-state index contributed by atoms with van der Waals surface area (Å²) in [5.74, 6) is -0.608. The Morgan fingerprint density at radius 2 is 1.72 bits per heavy atom. The average Bonchev–Trinajstić information content (AvgIpc) is 2.40. The summed E-state index contributed by atoms with van der Waals surface area (Å²) in [5.41, 5.74) is 5.97. The molecule has 4 nitrogen and oxygen atoms in total. The van der Waals surface area contributed by atoms with Crippen molar-refractivity contribution in [3.8, 4) is 0 Å². The Bertz CT molecular complexity index is 558. The van der Waals surface area contributed by atoms with E-state index in [1.807, 2.05) is 6.07 Å². The molecule has 1 aromatic heterocycles. The van der Waals surface area contributed by atoms with Crippen molar-refractivity contribution in [1.82, 2.24) is 4.98 Å². The van der Waals surface area contributed by atoms with Crippen molar-refractivity contribution in [2.75, 3.05) is 0 Å². The lowest BCUT2D eigenvalue weighted by Gasteiger charge is -2.13. The number of carbonyl (C=O) groups excluding carboxylic acids is 1. The molecule has 2 aromatic rings. The zero-order valence-electron chi connectivity index (χ0n) is 9.52. The lowest BCUT2D eigenvalue weighted by Crippen LogP contribution is -2.25. The second kappa shape index (κ2) is 5.55. The van der Waals surface area contributed by atoms with Crippen molar-refractivity contribution >= 4 is 16.7 Å². The number of carbonyl (C=O) groups is 1. The molecule has 1 aromatic carbocycles. The molecule has 0 radical (unpaired) electrons. The van der Waals surface area contributed by atoms with E-state index in [1.54, 1.807) is 48.8 Å². The average molecular weight is 260 g/mol. The number of rotatable bonds is 4. The molecule has 0 saturated carbocycles. The molecule has 2 unspecified atom stereocenters. The van der Waals surface area contributed by atoms with Gasteiger partial charge in [0.2, 0.25) is 5.91 Å². The van der Waals surface area contributed by atoms with Gasteiger partial charge in [0.05, 0.1) is 10.8 Å². The number of nitrogens with zero attached hydrogens (tertiary/aromatic N) is 1. The number of primary amides is 1. The van der Waals surface area contributed by atoms with Crippen molar-refractivity contribution in [2.24, 2.45) is 5.73 Å². The van der Waals surface area contributed by atoms with Crippen LogP contribution in [0.5, 0.6) is 0 Å². The van der Waals surface area contributed by atoms with Crippen molar-refractivity contribution in [3.63, 3.8) is 0 Å². The highest BCUT2D eigenvalue weighted by Gasteiger charge is 2.25. The van der Waals surface area contributed by atoms with Crippen LogP contribution in [-0.2, 0) is 15.6 Å². The highest BCUT2D eigenvalue weighted by molar-refractivity contribution is 7.86. The zero-order valence-corrected chi connectivity index (χ0v) is 10.3. The fourth-order valence-corrected chi connectivity index (χ4v) is 2.94. The molecule has 0 fully saturated rings. The van der Waals surface area contributed by atoms with Gasteiger partial charge in [0.15, 0.2) is 0 Å². The molecule has 0 saturated heterocycles. The van der Waals surface area contributed by atoms with Crippen LogP contribution in [-0.4, -0.2) is 15.1 Å². The Morgan fingerprint density at radius 3 is 2.28 bits per heavy atom. The molecule has 18 heavy (non-hydrogen) atoms. The molecule has 0 spiro atoms. The standard InChI is InChI=1S/C13H12N2O2S/c14-13(16)12(10-6-8-15-9-7-10)18(17)11-4-2-1-3-5-11/h1-9,12H,(H2,14,16). The van der Waals surface area contributed by atoms with Crippen LogP contribution in [0.1, 0.15) is 10.8 Å². The molecule has 92 valence electrons. The normalized spacial score (nSPS) is 13.8. The molecule has 0 bridgehead atoms. The molecule has 2 atom stereocenters. The van der Waals surface area contributed by atoms with Gasteiger partial charge >= 0.3 is 0 Å². The number of benzene rings is 1. The van der Waals surface area contributed by atoms with E-state index < -0.39 is 22.0 Å². The third-order valence-corrected chi connectivity index (χ3v) is 4.13. The second-order valence-corrected chi connectivity index (χ2v) is 5.21. The third kappa shape index (κ3) is 2.62. The Balaban J connectivity index is 2.39. The fourth-order valence-electron chi connectivity index (χ4n) is 1.62. The van der Waals surface area contributed by atoms with Crippen molar-refractivity contribution in [3.05, 3.63) is 60.4 Å². The number of amides is 1. The molecule has 0 aliphatic carbocycles. The molecule has 2 rings (SSSR count). The minimum atomic E-state index is -1.50. The first-order valence-corrected chi connectivity index (χ1v) is 6.56. The lowest BCUT2D eigenvalue weighted by molar-refractivity contribution is -0.117. The van der Waals surface area contributed by atoms with Gasteiger partial charge in [-0.25, -0.2) is 0 Å². The predicted molar refractivity (Wildman–Crippen MR) is 69.0 cm³/mol. The van der Waals surface area contributed by atoms with Gasteiger partial charge in [-0.2, -0.15) is 0 Å². The van der Waals surface area contributed by atoms with Crippen LogP contribution in [0.2, 0.25) is 0 Å². The van der Waals surface area contributed by atoms with Gasteiger partial charge in [-0.05, 0) is 29.8 Å². The predicted octanol–water partition coefficient (Wildman–Crippen LogP) is 1.42. The molecule has 0 aliphatic heterocycles. The Morgan fingerprint density at radius 1 is 1.11 bits per heavy atom. The number of aromatic nitrogens is 1. The van der Waals surface area contributed by atoms with Crippen molar-refractivity contribution in [1.29, 1.82) is 0 Å². The van der Waals surface area contributed by atoms with E-state index in [2.05, 4.69) is 4.98 Å². The summed E-state index contributed by atoms with van der Waals surface area (Å²) in [6.07, 6.45) is 3.10. The van der Waals surface area contributed by atoms with Crippen LogP contribution < -0.4 is 5.73 Å². The minimum Gasteiger partial charge on any atom is -0.368 e. The maximum absolute atomic E-state index is 12.4. The number of hydrogen-bond donors (Lipinski definition) is 1. The van der Waals surface area contributed by atoms with E-state index in [1.165, 1.54) is 0 Å². The Labute approximate surface area is 107 Å². The first-order valence-electron chi connectivity index (χ1n) is 5.35. The molecule has 5 heteroatoms. The van der Waals surface area contributed by atoms with Crippen molar-refractivity contribution < 1.29 is 9.00 Å². The van der Waals surface area contributed by atoms with Gasteiger partial charge < -0.3 is 5.73 Å². The van der Waals surface area contributed by atoms with Gasteiger partial charge in [-0.3, -0.25) is 14.0 Å². The van der Waals surface area contributed by atoms with E-state index in [4.69, 9.17) is 5.73 Å². The molecule has 1 amide bonds.